The highest BCUT2D eigenvalue weighted by Crippen LogP contribution is 2.26. The molecular weight excluding hydrogens is 348 g/mol. The zero-order valence-electron chi connectivity index (χ0n) is 15.5. The van der Waals surface area contributed by atoms with Crippen molar-refractivity contribution in [1.29, 1.82) is 0 Å². The Labute approximate surface area is 156 Å². The van der Waals surface area contributed by atoms with Crippen LogP contribution >= 0.6 is 0 Å². The number of amides is 1. The Morgan fingerprint density at radius 1 is 1.04 bits per heavy atom. The van der Waals surface area contributed by atoms with Crippen molar-refractivity contribution in [1.82, 2.24) is 5.32 Å². The van der Waals surface area contributed by atoms with Crippen LogP contribution in [-0.4, -0.2) is 27.4 Å². The van der Waals surface area contributed by atoms with Crippen LogP contribution in [0.1, 0.15) is 30.9 Å². The van der Waals surface area contributed by atoms with Crippen LogP contribution in [0.2, 0.25) is 0 Å². The van der Waals surface area contributed by atoms with Gasteiger partial charge in [-0.1, -0.05) is 49.2 Å². The molecule has 2 rings (SSSR count). The number of sulfonamides is 1. The van der Waals surface area contributed by atoms with Crippen molar-refractivity contribution in [3.63, 3.8) is 0 Å². The lowest BCUT2D eigenvalue weighted by Gasteiger charge is -2.25. The monoisotopic (exact) mass is 374 g/mol. The first-order valence-corrected chi connectivity index (χ1v) is 10.2. The van der Waals surface area contributed by atoms with E-state index in [1.807, 2.05) is 32.9 Å². The highest BCUT2D eigenvalue weighted by atomic mass is 32.2. The van der Waals surface area contributed by atoms with Crippen LogP contribution < -0.4 is 9.62 Å². The quantitative estimate of drug-likeness (QED) is 0.720. The fraction of sp³-hybridized carbons (Fsp3) is 0.350. The molecule has 0 aliphatic rings. The van der Waals surface area contributed by atoms with E-state index in [9.17, 15) is 13.2 Å². The molecular formula is C20H26N2O3S. The van der Waals surface area contributed by atoms with Gasteiger partial charge in [-0.15, -0.1) is 0 Å². The molecule has 0 heterocycles. The zero-order valence-corrected chi connectivity index (χ0v) is 16.3. The number of rotatable bonds is 8. The molecule has 0 aliphatic carbocycles. The van der Waals surface area contributed by atoms with E-state index in [2.05, 4.69) is 5.32 Å². The molecule has 0 atom stereocenters. The van der Waals surface area contributed by atoms with Crippen molar-refractivity contribution in [3.8, 4) is 0 Å². The highest BCUT2D eigenvalue weighted by Gasteiger charge is 2.27. The van der Waals surface area contributed by atoms with E-state index in [1.165, 1.54) is 4.31 Å². The number of hydrogen-bond acceptors (Lipinski definition) is 3. The molecule has 0 saturated carbocycles. The molecule has 2 aromatic carbocycles. The molecule has 2 aromatic rings. The van der Waals surface area contributed by atoms with Gasteiger partial charge in [0, 0.05) is 6.54 Å². The summed E-state index contributed by atoms with van der Waals surface area (Å²) in [7, 11) is -3.85. The molecule has 26 heavy (non-hydrogen) atoms. The summed E-state index contributed by atoms with van der Waals surface area (Å²) in [5.41, 5.74) is 2.28. The number of benzene rings is 2. The normalized spacial score (nSPS) is 11.2. The predicted molar refractivity (Wildman–Crippen MR) is 105 cm³/mol. The molecule has 0 spiro atoms. The van der Waals surface area contributed by atoms with E-state index in [-0.39, 0.29) is 17.3 Å². The van der Waals surface area contributed by atoms with Crippen molar-refractivity contribution in [2.75, 3.05) is 17.4 Å². The highest BCUT2D eigenvalue weighted by molar-refractivity contribution is 7.92. The van der Waals surface area contributed by atoms with E-state index in [0.29, 0.717) is 12.2 Å². The van der Waals surface area contributed by atoms with E-state index in [0.717, 1.165) is 24.0 Å². The van der Waals surface area contributed by atoms with Crippen molar-refractivity contribution in [2.45, 2.75) is 38.5 Å². The molecule has 0 aliphatic heterocycles. The Morgan fingerprint density at radius 3 is 2.31 bits per heavy atom. The molecule has 0 saturated heterocycles. The number of nitrogens with zero attached hydrogens (tertiary/aromatic N) is 1. The first-order chi connectivity index (χ1) is 12.4. The fourth-order valence-corrected chi connectivity index (χ4v) is 4.06. The number of nitrogens with one attached hydrogen (secondary N) is 1. The fourth-order valence-electron chi connectivity index (χ4n) is 2.57. The molecule has 140 valence electrons. The summed E-state index contributed by atoms with van der Waals surface area (Å²) in [4.78, 5) is 12.5. The molecule has 1 amide bonds. The van der Waals surface area contributed by atoms with Gasteiger partial charge in [0.15, 0.2) is 0 Å². The minimum Gasteiger partial charge on any atom is -0.355 e. The van der Waals surface area contributed by atoms with Crippen LogP contribution in [-0.2, 0) is 14.8 Å². The molecule has 0 bridgehead atoms. The number of carbonyl (C=O) groups is 1. The Morgan fingerprint density at radius 2 is 1.69 bits per heavy atom. The van der Waals surface area contributed by atoms with Gasteiger partial charge in [-0.25, -0.2) is 8.42 Å². The van der Waals surface area contributed by atoms with Crippen LogP contribution in [0.3, 0.4) is 0 Å². The van der Waals surface area contributed by atoms with Gasteiger partial charge in [0.1, 0.15) is 6.54 Å². The Bertz CT molecular complexity index is 846. The number of hydrogen-bond donors (Lipinski definition) is 1. The minimum atomic E-state index is -3.85. The number of anilines is 1. The molecule has 0 aromatic heterocycles. The van der Waals surface area contributed by atoms with Crippen LogP contribution in [0.5, 0.6) is 0 Å². The summed E-state index contributed by atoms with van der Waals surface area (Å²) in [5.74, 6) is -0.308. The second kappa shape index (κ2) is 8.85. The van der Waals surface area contributed by atoms with Crippen LogP contribution in [0.4, 0.5) is 5.69 Å². The Balaban J connectivity index is 2.38. The van der Waals surface area contributed by atoms with E-state index in [4.69, 9.17) is 0 Å². The summed E-state index contributed by atoms with van der Waals surface area (Å²) in [6.45, 7) is 6.07. The van der Waals surface area contributed by atoms with E-state index >= 15 is 0 Å². The van der Waals surface area contributed by atoms with Crippen molar-refractivity contribution >= 4 is 21.6 Å². The van der Waals surface area contributed by atoms with Gasteiger partial charge < -0.3 is 5.32 Å². The maximum absolute atomic E-state index is 13.2. The lowest BCUT2D eigenvalue weighted by Crippen LogP contribution is -2.41. The van der Waals surface area contributed by atoms with Crippen molar-refractivity contribution in [2.24, 2.45) is 0 Å². The molecule has 0 fully saturated rings. The lowest BCUT2D eigenvalue weighted by atomic mass is 10.2. The molecule has 0 radical (unpaired) electrons. The second-order valence-electron chi connectivity index (χ2n) is 6.31. The average Bonchev–Trinajstić information content (AvgIpc) is 2.61. The van der Waals surface area contributed by atoms with Crippen molar-refractivity contribution < 1.29 is 13.2 Å². The topological polar surface area (TPSA) is 66.5 Å². The number of unbranched alkanes of at least 4 members (excludes halogenated alkanes) is 1. The third kappa shape index (κ3) is 4.85. The summed E-state index contributed by atoms with van der Waals surface area (Å²) in [6.07, 6.45) is 1.82. The standard InChI is InChI=1S/C20H26N2O3S/c1-4-5-14-21-20(23)15-22(19-9-7-6-8-17(19)3)26(24,25)18-12-10-16(2)11-13-18/h6-13H,4-5,14-15H2,1-3H3,(H,21,23). The number of para-hydroxylation sites is 1. The SMILES string of the molecule is CCCCNC(=O)CN(c1ccccc1C)S(=O)(=O)c1ccc(C)cc1. The largest absolute Gasteiger partial charge is 0.355 e. The van der Waals surface area contributed by atoms with Gasteiger partial charge in [0.25, 0.3) is 10.0 Å². The smallest absolute Gasteiger partial charge is 0.264 e. The van der Waals surface area contributed by atoms with Crippen LogP contribution in [0.15, 0.2) is 53.4 Å². The Kier molecular flexibility index (Phi) is 6.80. The predicted octanol–water partition coefficient (Wildman–Crippen LogP) is 3.42. The van der Waals surface area contributed by atoms with Crippen LogP contribution in [0, 0.1) is 13.8 Å². The summed E-state index contributed by atoms with van der Waals surface area (Å²) in [5, 5.41) is 2.79. The number of carbonyl (C=O) groups excluding carboxylic acids is 1. The maximum Gasteiger partial charge on any atom is 0.264 e. The second-order valence-corrected chi connectivity index (χ2v) is 8.18. The van der Waals surface area contributed by atoms with Gasteiger partial charge in [0.2, 0.25) is 5.91 Å². The minimum absolute atomic E-state index is 0.174. The van der Waals surface area contributed by atoms with Gasteiger partial charge in [-0.2, -0.15) is 0 Å². The van der Waals surface area contributed by atoms with Crippen molar-refractivity contribution in [3.05, 3.63) is 59.7 Å². The first-order valence-electron chi connectivity index (χ1n) is 8.78. The summed E-state index contributed by atoms with van der Waals surface area (Å²) < 4.78 is 27.6. The van der Waals surface area contributed by atoms with Crippen LogP contribution in [0.25, 0.3) is 0 Å². The average molecular weight is 375 g/mol. The van der Waals surface area contributed by atoms with Gasteiger partial charge in [-0.05, 0) is 44.0 Å². The third-order valence-corrected chi connectivity index (χ3v) is 5.91. The zero-order chi connectivity index (χ0) is 19.2. The van der Waals surface area contributed by atoms with Gasteiger partial charge in [0.05, 0.1) is 10.6 Å². The lowest BCUT2D eigenvalue weighted by molar-refractivity contribution is -0.119. The summed E-state index contributed by atoms with van der Waals surface area (Å²) >= 11 is 0. The molecule has 6 heteroatoms. The Hall–Kier alpha value is -2.34. The van der Waals surface area contributed by atoms with Gasteiger partial charge >= 0.3 is 0 Å². The molecule has 5 nitrogen and oxygen atoms in total. The first kappa shape index (κ1) is 20.0. The maximum atomic E-state index is 13.2. The van der Waals surface area contributed by atoms with E-state index < -0.39 is 10.0 Å². The third-order valence-electron chi connectivity index (χ3n) is 4.13. The van der Waals surface area contributed by atoms with E-state index in [1.54, 1.807) is 36.4 Å². The van der Waals surface area contributed by atoms with Gasteiger partial charge in [-0.3, -0.25) is 9.10 Å². The molecule has 0 unspecified atom stereocenters. The summed E-state index contributed by atoms with van der Waals surface area (Å²) in [6, 6.07) is 13.8. The number of aryl methyl sites for hydroxylation is 2. The molecule has 1 N–H and O–H groups in total.